The maximum atomic E-state index is 12.7. The molecule has 0 radical (unpaired) electrons. The molecular weight excluding hydrogens is 394 g/mol. The van der Waals surface area contributed by atoms with Gasteiger partial charge < -0.3 is 4.74 Å². The van der Waals surface area contributed by atoms with Gasteiger partial charge >= 0.3 is 0 Å². The predicted molar refractivity (Wildman–Crippen MR) is 108 cm³/mol. The van der Waals surface area contributed by atoms with Crippen molar-refractivity contribution in [2.24, 2.45) is 5.10 Å². The Kier molecular flexibility index (Phi) is 5.52. The van der Waals surface area contributed by atoms with E-state index in [2.05, 4.69) is 32.9 Å². The summed E-state index contributed by atoms with van der Waals surface area (Å²) in [4.78, 5) is 17.2. The van der Waals surface area contributed by atoms with Gasteiger partial charge in [-0.1, -0.05) is 35.0 Å². The number of benzene rings is 2. The van der Waals surface area contributed by atoms with Crippen LogP contribution in [0, 0.1) is 6.92 Å². The van der Waals surface area contributed by atoms with Gasteiger partial charge in [0.25, 0.3) is 5.56 Å². The molecule has 0 unspecified atom stereocenters. The molecule has 0 fully saturated rings. The van der Waals surface area contributed by atoms with Gasteiger partial charge in [0.1, 0.15) is 11.6 Å². The Balaban J connectivity index is 1.96. The number of rotatable bonds is 5. The normalized spacial score (nSPS) is 12.6. The van der Waals surface area contributed by atoms with Crippen LogP contribution in [0.2, 0.25) is 0 Å². The predicted octanol–water partition coefficient (Wildman–Crippen LogP) is 4.53. The fourth-order valence-corrected chi connectivity index (χ4v) is 2.87. The van der Waals surface area contributed by atoms with Gasteiger partial charge in [-0.3, -0.25) is 4.79 Å². The van der Waals surface area contributed by atoms with Gasteiger partial charge in [0.15, 0.2) is 0 Å². The van der Waals surface area contributed by atoms with E-state index in [9.17, 15) is 4.79 Å². The number of hydrogen-bond acceptors (Lipinski definition) is 4. The molecule has 3 aromatic rings. The molecule has 5 nitrogen and oxygen atoms in total. The van der Waals surface area contributed by atoms with Crippen LogP contribution in [-0.2, 0) is 0 Å². The van der Waals surface area contributed by atoms with Crippen LogP contribution in [0.4, 0.5) is 0 Å². The van der Waals surface area contributed by atoms with Crippen molar-refractivity contribution in [1.29, 1.82) is 0 Å². The van der Waals surface area contributed by atoms with Crippen molar-refractivity contribution in [3.8, 4) is 5.75 Å². The van der Waals surface area contributed by atoms with E-state index in [1.165, 1.54) is 4.68 Å². The minimum Gasteiger partial charge on any atom is -0.491 e. The van der Waals surface area contributed by atoms with Crippen LogP contribution in [0.5, 0.6) is 5.75 Å². The lowest BCUT2D eigenvalue weighted by molar-refractivity contribution is 0.217. The maximum Gasteiger partial charge on any atom is 0.282 e. The third-order valence-electron chi connectivity index (χ3n) is 4.06. The van der Waals surface area contributed by atoms with E-state index in [0.717, 1.165) is 22.2 Å². The third-order valence-corrected chi connectivity index (χ3v) is 4.56. The summed E-state index contributed by atoms with van der Waals surface area (Å²) in [6.07, 6.45) is 2.73. The van der Waals surface area contributed by atoms with Crippen LogP contribution < -0.4 is 10.3 Å². The van der Waals surface area contributed by atoms with Gasteiger partial charge in [0.05, 0.1) is 23.2 Å². The van der Waals surface area contributed by atoms with E-state index in [0.29, 0.717) is 16.7 Å². The zero-order valence-electron chi connectivity index (χ0n) is 14.9. The second-order valence-corrected chi connectivity index (χ2v) is 7.01. The minimum atomic E-state index is -0.197. The fraction of sp³-hybridized carbons (Fsp3) is 0.250. The summed E-state index contributed by atoms with van der Waals surface area (Å²) < 4.78 is 7.97. The van der Waals surface area contributed by atoms with Crippen molar-refractivity contribution in [1.82, 2.24) is 9.66 Å². The van der Waals surface area contributed by atoms with Gasteiger partial charge in [-0.2, -0.15) is 9.78 Å². The van der Waals surface area contributed by atoms with Gasteiger partial charge in [-0.25, -0.2) is 4.98 Å². The zero-order chi connectivity index (χ0) is 18.7. The number of fused-ring (bicyclic) bond motifs is 1. The van der Waals surface area contributed by atoms with Crippen LogP contribution in [-0.4, -0.2) is 22.0 Å². The number of halogens is 1. The standard InChI is InChI=1S/C20H20BrN3O2/c1-4-13(2)26-17-7-5-6-15(10-17)12-22-24-14(3)23-19-9-8-16(21)11-18(19)20(24)25/h5-13H,4H2,1-3H3/t13-/m1/s1. The monoisotopic (exact) mass is 413 g/mol. The van der Waals surface area contributed by atoms with Crippen LogP contribution in [0.1, 0.15) is 31.7 Å². The van der Waals surface area contributed by atoms with Gasteiger partial charge in [-0.15, -0.1) is 0 Å². The van der Waals surface area contributed by atoms with E-state index in [-0.39, 0.29) is 11.7 Å². The lowest BCUT2D eigenvalue weighted by Crippen LogP contribution is -2.20. The van der Waals surface area contributed by atoms with E-state index in [4.69, 9.17) is 4.74 Å². The minimum absolute atomic E-state index is 0.148. The highest BCUT2D eigenvalue weighted by molar-refractivity contribution is 9.10. The summed E-state index contributed by atoms with van der Waals surface area (Å²) in [5.41, 5.74) is 1.31. The highest BCUT2D eigenvalue weighted by atomic mass is 79.9. The van der Waals surface area contributed by atoms with Crippen LogP contribution in [0.25, 0.3) is 10.9 Å². The summed E-state index contributed by atoms with van der Waals surface area (Å²) in [7, 11) is 0. The Bertz CT molecular complexity index is 1030. The number of ether oxygens (including phenoxy) is 1. The van der Waals surface area contributed by atoms with E-state index < -0.39 is 0 Å². The van der Waals surface area contributed by atoms with Crippen molar-refractivity contribution >= 4 is 33.0 Å². The first-order valence-corrected chi connectivity index (χ1v) is 9.27. The molecule has 0 amide bonds. The average Bonchev–Trinajstić information content (AvgIpc) is 2.62. The molecular formula is C20H20BrN3O2. The van der Waals surface area contributed by atoms with Crippen LogP contribution >= 0.6 is 15.9 Å². The number of aryl methyl sites for hydroxylation is 1. The number of aromatic nitrogens is 2. The lowest BCUT2D eigenvalue weighted by Gasteiger charge is -2.12. The van der Waals surface area contributed by atoms with E-state index in [1.54, 1.807) is 19.2 Å². The molecule has 0 bridgehead atoms. The molecule has 0 aliphatic carbocycles. The van der Waals surface area contributed by atoms with Gasteiger partial charge in [0.2, 0.25) is 0 Å². The molecule has 0 N–H and O–H groups in total. The molecule has 1 atom stereocenters. The summed E-state index contributed by atoms with van der Waals surface area (Å²) in [5, 5.41) is 4.87. The average molecular weight is 414 g/mol. The summed E-state index contributed by atoms with van der Waals surface area (Å²) >= 11 is 3.39. The van der Waals surface area contributed by atoms with Crippen LogP contribution in [0.3, 0.4) is 0 Å². The highest BCUT2D eigenvalue weighted by Crippen LogP contribution is 2.17. The van der Waals surface area contributed by atoms with E-state index >= 15 is 0 Å². The molecule has 0 saturated carbocycles. The second kappa shape index (κ2) is 7.83. The summed E-state index contributed by atoms with van der Waals surface area (Å²) in [6, 6.07) is 13.1. The Morgan fingerprint density at radius 2 is 2.12 bits per heavy atom. The molecule has 26 heavy (non-hydrogen) atoms. The van der Waals surface area contributed by atoms with Crippen molar-refractivity contribution in [2.75, 3.05) is 0 Å². The molecule has 1 aromatic heterocycles. The third kappa shape index (κ3) is 4.02. The number of hydrogen-bond donors (Lipinski definition) is 0. The van der Waals surface area contributed by atoms with Crippen molar-refractivity contribution < 1.29 is 4.74 Å². The topological polar surface area (TPSA) is 56.5 Å². The molecule has 0 aliphatic heterocycles. The molecule has 3 rings (SSSR count). The van der Waals surface area contributed by atoms with Gasteiger partial charge in [-0.05, 0) is 56.2 Å². The Hall–Kier alpha value is -2.47. The van der Waals surface area contributed by atoms with Crippen LogP contribution in [0.15, 0.2) is 56.8 Å². The second-order valence-electron chi connectivity index (χ2n) is 6.09. The first-order valence-electron chi connectivity index (χ1n) is 8.48. The quantitative estimate of drug-likeness (QED) is 0.577. The lowest BCUT2D eigenvalue weighted by atomic mass is 10.2. The maximum absolute atomic E-state index is 12.7. The molecule has 0 spiro atoms. The summed E-state index contributed by atoms with van der Waals surface area (Å²) in [5.74, 6) is 1.32. The van der Waals surface area contributed by atoms with Crippen molar-refractivity contribution in [3.05, 3.63) is 68.7 Å². The Morgan fingerprint density at radius 3 is 2.88 bits per heavy atom. The molecule has 0 aliphatic rings. The molecule has 2 aromatic carbocycles. The number of nitrogens with zero attached hydrogens (tertiary/aromatic N) is 3. The van der Waals surface area contributed by atoms with Crippen molar-refractivity contribution in [2.45, 2.75) is 33.3 Å². The highest BCUT2D eigenvalue weighted by Gasteiger charge is 2.08. The molecule has 134 valence electrons. The Labute approximate surface area is 160 Å². The summed E-state index contributed by atoms with van der Waals surface area (Å²) in [6.45, 7) is 5.88. The fourth-order valence-electron chi connectivity index (χ4n) is 2.50. The Morgan fingerprint density at radius 1 is 1.31 bits per heavy atom. The molecule has 6 heteroatoms. The first kappa shape index (κ1) is 18.3. The first-order chi connectivity index (χ1) is 12.5. The SMILES string of the molecule is CC[C@@H](C)Oc1cccc(C=Nn2c(C)nc3ccc(Br)cc3c2=O)c1. The largest absolute Gasteiger partial charge is 0.491 e. The zero-order valence-corrected chi connectivity index (χ0v) is 16.5. The molecule has 1 heterocycles. The van der Waals surface area contributed by atoms with Crippen molar-refractivity contribution in [3.63, 3.8) is 0 Å². The molecule has 0 saturated heterocycles. The smallest absolute Gasteiger partial charge is 0.282 e. The van der Waals surface area contributed by atoms with E-state index in [1.807, 2.05) is 43.3 Å². The van der Waals surface area contributed by atoms with Gasteiger partial charge in [0, 0.05) is 4.47 Å².